The first-order valence-electron chi connectivity index (χ1n) is 8.34. The summed E-state index contributed by atoms with van der Waals surface area (Å²) >= 11 is 4.82. The molecule has 1 aliphatic heterocycles. The maximum Gasteiger partial charge on any atom is 0.264 e. The fraction of sp³-hybridized carbons (Fsp3) is 0.200. The molecule has 2 aromatic carbocycles. The van der Waals surface area contributed by atoms with Gasteiger partial charge in [0.2, 0.25) is 0 Å². The van der Waals surface area contributed by atoms with Crippen LogP contribution in [0.3, 0.4) is 0 Å². The minimum atomic E-state index is -0.161. The van der Waals surface area contributed by atoms with E-state index in [0.717, 1.165) is 27.2 Å². The summed E-state index contributed by atoms with van der Waals surface area (Å²) in [6, 6.07) is 13.1. The van der Waals surface area contributed by atoms with Crippen molar-refractivity contribution in [3.8, 4) is 11.5 Å². The van der Waals surface area contributed by atoms with Crippen LogP contribution in [0, 0.1) is 0 Å². The van der Waals surface area contributed by atoms with Crippen LogP contribution in [0.15, 0.2) is 56.8 Å². The van der Waals surface area contributed by atoms with E-state index in [-0.39, 0.29) is 12.0 Å². The van der Waals surface area contributed by atoms with Gasteiger partial charge in [-0.25, -0.2) is 4.99 Å². The third-order valence-corrected chi connectivity index (χ3v) is 5.10. The van der Waals surface area contributed by atoms with Crippen LogP contribution < -0.4 is 14.8 Å². The van der Waals surface area contributed by atoms with Gasteiger partial charge in [-0.15, -0.1) is 0 Å². The number of carbonyl (C=O) groups is 1. The van der Waals surface area contributed by atoms with Crippen molar-refractivity contribution in [1.29, 1.82) is 0 Å². The maximum absolute atomic E-state index is 12.2. The van der Waals surface area contributed by atoms with E-state index < -0.39 is 0 Å². The SMILES string of the molecule is COc1ccc(N=C2NC(=O)/C(=C\c3ccc(OC(C)C)c(Br)c3)S2)cc1. The summed E-state index contributed by atoms with van der Waals surface area (Å²) in [5.41, 5.74) is 1.65. The van der Waals surface area contributed by atoms with E-state index in [1.807, 2.05) is 62.4 Å². The van der Waals surface area contributed by atoms with Crippen molar-refractivity contribution in [3.05, 3.63) is 57.4 Å². The number of hydrogen-bond acceptors (Lipinski definition) is 5. The van der Waals surface area contributed by atoms with E-state index in [1.165, 1.54) is 11.8 Å². The molecule has 1 aliphatic rings. The molecule has 1 amide bonds. The molecule has 0 spiro atoms. The standard InChI is InChI=1S/C20H19BrN2O3S/c1-12(2)26-17-9-4-13(10-16(17)21)11-18-19(24)23-20(27-18)22-14-5-7-15(25-3)8-6-14/h4-12H,1-3H3,(H,22,23,24)/b18-11+. The van der Waals surface area contributed by atoms with Crippen molar-refractivity contribution in [2.24, 2.45) is 4.99 Å². The van der Waals surface area contributed by atoms with Crippen LogP contribution in [-0.2, 0) is 4.79 Å². The number of benzene rings is 2. The minimum absolute atomic E-state index is 0.0957. The zero-order valence-electron chi connectivity index (χ0n) is 15.2. The number of amidine groups is 1. The number of nitrogens with zero attached hydrogens (tertiary/aromatic N) is 1. The number of hydrogen-bond donors (Lipinski definition) is 1. The highest BCUT2D eigenvalue weighted by atomic mass is 79.9. The van der Waals surface area contributed by atoms with Gasteiger partial charge in [0.15, 0.2) is 5.17 Å². The first-order valence-corrected chi connectivity index (χ1v) is 9.95. The monoisotopic (exact) mass is 446 g/mol. The van der Waals surface area contributed by atoms with Gasteiger partial charge < -0.3 is 14.8 Å². The van der Waals surface area contributed by atoms with Crippen molar-refractivity contribution in [2.45, 2.75) is 20.0 Å². The lowest BCUT2D eigenvalue weighted by Crippen LogP contribution is -2.19. The van der Waals surface area contributed by atoms with Gasteiger partial charge in [-0.05, 0) is 89.6 Å². The second kappa shape index (κ2) is 8.63. The highest BCUT2D eigenvalue weighted by Crippen LogP contribution is 2.31. The molecule has 0 atom stereocenters. The van der Waals surface area contributed by atoms with Crippen molar-refractivity contribution >= 4 is 50.5 Å². The average molecular weight is 447 g/mol. The summed E-state index contributed by atoms with van der Waals surface area (Å²) in [5.74, 6) is 1.38. The topological polar surface area (TPSA) is 59.9 Å². The minimum Gasteiger partial charge on any atom is -0.497 e. The predicted octanol–water partition coefficient (Wildman–Crippen LogP) is 5.14. The Morgan fingerprint density at radius 1 is 1.19 bits per heavy atom. The van der Waals surface area contributed by atoms with E-state index in [0.29, 0.717) is 10.1 Å². The highest BCUT2D eigenvalue weighted by Gasteiger charge is 2.23. The number of rotatable bonds is 5. The van der Waals surface area contributed by atoms with Crippen LogP contribution in [-0.4, -0.2) is 24.3 Å². The van der Waals surface area contributed by atoms with Gasteiger partial charge in [-0.3, -0.25) is 4.79 Å². The molecule has 0 saturated carbocycles. The van der Waals surface area contributed by atoms with Gasteiger partial charge in [0, 0.05) is 0 Å². The number of halogens is 1. The molecule has 1 N–H and O–H groups in total. The molecule has 0 unspecified atom stereocenters. The number of carbonyl (C=O) groups excluding carboxylic acids is 1. The first-order chi connectivity index (χ1) is 12.9. The highest BCUT2D eigenvalue weighted by molar-refractivity contribution is 9.10. The smallest absolute Gasteiger partial charge is 0.264 e. The second-order valence-corrected chi connectivity index (χ2v) is 7.92. The molecule has 1 heterocycles. The number of aliphatic imine (C=N–C) groups is 1. The van der Waals surface area contributed by atoms with E-state index >= 15 is 0 Å². The lowest BCUT2D eigenvalue weighted by Gasteiger charge is -2.11. The van der Waals surface area contributed by atoms with Gasteiger partial charge in [0.05, 0.1) is 28.3 Å². The zero-order chi connectivity index (χ0) is 19.4. The van der Waals surface area contributed by atoms with Crippen molar-refractivity contribution in [1.82, 2.24) is 5.32 Å². The fourth-order valence-corrected chi connectivity index (χ4v) is 3.69. The Hall–Kier alpha value is -2.25. The molecule has 2 aromatic rings. The van der Waals surface area contributed by atoms with Crippen LogP contribution in [0.1, 0.15) is 19.4 Å². The fourth-order valence-electron chi connectivity index (χ4n) is 2.36. The summed E-state index contributed by atoms with van der Waals surface area (Å²) in [6.45, 7) is 3.96. The Kier molecular flexibility index (Phi) is 6.23. The van der Waals surface area contributed by atoms with Crippen LogP contribution in [0.4, 0.5) is 5.69 Å². The summed E-state index contributed by atoms with van der Waals surface area (Å²) in [6.07, 6.45) is 1.93. The third kappa shape index (κ3) is 5.14. The van der Waals surface area contributed by atoms with E-state index in [9.17, 15) is 4.79 Å². The first kappa shape index (κ1) is 19.5. The van der Waals surface area contributed by atoms with E-state index in [2.05, 4.69) is 26.2 Å². The Morgan fingerprint density at radius 3 is 2.56 bits per heavy atom. The van der Waals surface area contributed by atoms with Crippen molar-refractivity contribution in [2.75, 3.05) is 7.11 Å². The van der Waals surface area contributed by atoms with E-state index in [1.54, 1.807) is 7.11 Å². The normalized spacial score (nSPS) is 16.9. The Balaban J connectivity index is 1.76. The van der Waals surface area contributed by atoms with Crippen molar-refractivity contribution < 1.29 is 14.3 Å². The molecule has 27 heavy (non-hydrogen) atoms. The predicted molar refractivity (Wildman–Crippen MR) is 114 cm³/mol. The maximum atomic E-state index is 12.2. The quantitative estimate of drug-likeness (QED) is 0.646. The number of ether oxygens (including phenoxy) is 2. The van der Waals surface area contributed by atoms with Gasteiger partial charge in [0.1, 0.15) is 11.5 Å². The molecule has 7 heteroatoms. The van der Waals surface area contributed by atoms with Gasteiger partial charge in [-0.2, -0.15) is 0 Å². The molecular formula is C20H19BrN2O3S. The van der Waals surface area contributed by atoms with E-state index in [4.69, 9.17) is 9.47 Å². The average Bonchev–Trinajstić information content (AvgIpc) is 2.97. The molecular weight excluding hydrogens is 428 g/mol. The van der Waals surface area contributed by atoms with Crippen LogP contribution in [0.2, 0.25) is 0 Å². The molecule has 0 aliphatic carbocycles. The second-order valence-electron chi connectivity index (χ2n) is 6.04. The van der Waals surface area contributed by atoms with Gasteiger partial charge >= 0.3 is 0 Å². The molecule has 0 radical (unpaired) electrons. The Morgan fingerprint density at radius 2 is 1.93 bits per heavy atom. The summed E-state index contributed by atoms with van der Waals surface area (Å²) in [4.78, 5) is 17.3. The summed E-state index contributed by atoms with van der Waals surface area (Å²) in [7, 11) is 1.62. The van der Waals surface area contributed by atoms with Crippen LogP contribution >= 0.6 is 27.7 Å². The molecule has 3 rings (SSSR count). The number of methoxy groups -OCH3 is 1. The summed E-state index contributed by atoms with van der Waals surface area (Å²) in [5, 5.41) is 3.34. The summed E-state index contributed by atoms with van der Waals surface area (Å²) < 4.78 is 11.7. The Labute approximate surface area is 171 Å². The van der Waals surface area contributed by atoms with Gasteiger partial charge in [0.25, 0.3) is 5.91 Å². The molecule has 0 bridgehead atoms. The molecule has 1 fully saturated rings. The molecule has 0 aromatic heterocycles. The van der Waals surface area contributed by atoms with Crippen LogP contribution in [0.25, 0.3) is 6.08 Å². The molecule has 140 valence electrons. The number of amides is 1. The Bertz CT molecular complexity index is 908. The number of nitrogens with one attached hydrogen (secondary N) is 1. The zero-order valence-corrected chi connectivity index (χ0v) is 17.6. The number of thioether (sulfide) groups is 1. The van der Waals surface area contributed by atoms with Gasteiger partial charge in [-0.1, -0.05) is 6.07 Å². The molecule has 1 saturated heterocycles. The van der Waals surface area contributed by atoms with Crippen LogP contribution in [0.5, 0.6) is 11.5 Å². The lowest BCUT2D eigenvalue weighted by molar-refractivity contribution is -0.115. The molecule has 5 nitrogen and oxygen atoms in total. The van der Waals surface area contributed by atoms with Crippen molar-refractivity contribution in [3.63, 3.8) is 0 Å². The third-order valence-electron chi connectivity index (χ3n) is 3.57. The largest absolute Gasteiger partial charge is 0.497 e. The lowest BCUT2D eigenvalue weighted by atomic mass is 10.2.